The van der Waals surface area contributed by atoms with E-state index in [1.807, 2.05) is 12.1 Å². The van der Waals surface area contributed by atoms with Crippen molar-refractivity contribution in [3.63, 3.8) is 0 Å². The number of nitrogens with one attached hydrogen (secondary N) is 1. The van der Waals surface area contributed by atoms with Gasteiger partial charge in [-0.15, -0.1) is 0 Å². The van der Waals surface area contributed by atoms with Gasteiger partial charge < -0.3 is 15.3 Å². The smallest absolute Gasteiger partial charge is 0.308 e. The van der Waals surface area contributed by atoms with Crippen molar-refractivity contribution in [2.75, 3.05) is 19.6 Å². The zero-order valence-electron chi connectivity index (χ0n) is 13.6. The Bertz CT molecular complexity index is 601. The molecule has 2 N–H and O–H groups in total. The Labute approximate surface area is 147 Å². The number of amides is 1. The van der Waals surface area contributed by atoms with Crippen molar-refractivity contribution in [3.05, 3.63) is 34.9 Å². The van der Waals surface area contributed by atoms with E-state index < -0.39 is 5.97 Å². The summed E-state index contributed by atoms with van der Waals surface area (Å²) in [6.07, 6.45) is 2.71. The molecule has 24 heavy (non-hydrogen) atoms. The lowest BCUT2D eigenvalue weighted by Crippen LogP contribution is -2.30. The van der Waals surface area contributed by atoms with Crippen molar-refractivity contribution < 1.29 is 14.7 Å². The summed E-state index contributed by atoms with van der Waals surface area (Å²) in [5, 5.41) is 12.9. The molecule has 0 aromatic heterocycles. The van der Waals surface area contributed by atoms with Crippen LogP contribution in [0.25, 0.3) is 0 Å². The third-order valence-electron chi connectivity index (χ3n) is 5.04. The van der Waals surface area contributed by atoms with Crippen molar-refractivity contribution in [1.29, 1.82) is 0 Å². The number of nitrogens with zero attached hydrogens (tertiary/aromatic N) is 1. The fourth-order valence-electron chi connectivity index (χ4n) is 3.51. The van der Waals surface area contributed by atoms with Gasteiger partial charge in [0.05, 0.1) is 5.92 Å². The Morgan fingerprint density at radius 3 is 2.54 bits per heavy atom. The first-order chi connectivity index (χ1) is 11.5. The molecule has 0 spiro atoms. The summed E-state index contributed by atoms with van der Waals surface area (Å²) < 4.78 is 0. The molecule has 5 nitrogen and oxygen atoms in total. The number of hydrogen-bond acceptors (Lipinski definition) is 3. The summed E-state index contributed by atoms with van der Waals surface area (Å²) in [6.45, 7) is 2.49. The van der Waals surface area contributed by atoms with Crippen LogP contribution in [0, 0.1) is 17.8 Å². The molecule has 2 aliphatic rings. The summed E-state index contributed by atoms with van der Waals surface area (Å²) in [6, 6.07) is 7.39. The van der Waals surface area contributed by atoms with Gasteiger partial charge in [-0.1, -0.05) is 23.7 Å². The average molecular weight is 351 g/mol. The van der Waals surface area contributed by atoms with Gasteiger partial charge in [-0.05, 0) is 42.4 Å². The van der Waals surface area contributed by atoms with Gasteiger partial charge in [-0.3, -0.25) is 9.59 Å². The van der Waals surface area contributed by atoms with Gasteiger partial charge in [-0.2, -0.15) is 0 Å². The Balaban J connectivity index is 1.41. The summed E-state index contributed by atoms with van der Waals surface area (Å²) in [7, 11) is 0. The van der Waals surface area contributed by atoms with E-state index in [2.05, 4.69) is 10.2 Å². The number of likely N-dealkylation sites (tertiary alicyclic amines) is 1. The molecular weight excluding hydrogens is 328 g/mol. The molecule has 1 aromatic carbocycles. The molecule has 6 heteroatoms. The van der Waals surface area contributed by atoms with Crippen LogP contribution in [0.1, 0.15) is 24.8 Å². The lowest BCUT2D eigenvalue weighted by molar-refractivity contribution is -0.142. The van der Waals surface area contributed by atoms with E-state index >= 15 is 0 Å². The Hall–Kier alpha value is -1.59. The Kier molecular flexibility index (Phi) is 5.41. The van der Waals surface area contributed by atoms with Crippen LogP contribution in [0.3, 0.4) is 0 Å². The van der Waals surface area contributed by atoms with Crippen LogP contribution >= 0.6 is 11.6 Å². The van der Waals surface area contributed by atoms with Crippen LogP contribution in [0.2, 0.25) is 5.02 Å². The molecular formula is C18H23ClN2O3. The van der Waals surface area contributed by atoms with Crippen molar-refractivity contribution in [1.82, 2.24) is 10.2 Å². The minimum Gasteiger partial charge on any atom is -0.481 e. The summed E-state index contributed by atoms with van der Waals surface area (Å²) in [5.41, 5.74) is 1.01. The summed E-state index contributed by atoms with van der Waals surface area (Å²) in [4.78, 5) is 25.5. The van der Waals surface area contributed by atoms with Crippen LogP contribution in [-0.4, -0.2) is 41.5 Å². The molecule has 1 aromatic rings. The topological polar surface area (TPSA) is 69.6 Å². The highest BCUT2D eigenvalue weighted by atomic mass is 35.5. The number of carboxylic acid groups (broad SMARTS) is 1. The molecule has 130 valence electrons. The third-order valence-corrected chi connectivity index (χ3v) is 5.30. The Morgan fingerprint density at radius 2 is 1.92 bits per heavy atom. The molecule has 1 saturated carbocycles. The largest absolute Gasteiger partial charge is 0.481 e. The normalized spacial score (nSPS) is 24.0. The lowest BCUT2D eigenvalue weighted by Gasteiger charge is -2.15. The first kappa shape index (κ1) is 17.2. The quantitative estimate of drug-likeness (QED) is 0.792. The van der Waals surface area contributed by atoms with Crippen LogP contribution < -0.4 is 5.32 Å². The molecule has 1 amide bonds. The number of aliphatic carboxylic acids is 1. The molecule has 0 unspecified atom stereocenters. The van der Waals surface area contributed by atoms with Gasteiger partial charge in [0.2, 0.25) is 5.91 Å². The predicted molar refractivity (Wildman–Crippen MR) is 91.7 cm³/mol. The highest BCUT2D eigenvalue weighted by molar-refractivity contribution is 6.30. The SMILES string of the molecule is O=C(CCN1C[C@@H](C(=O)O)[C@H](C2CC2)C1)NCc1ccc(Cl)cc1. The molecule has 0 radical (unpaired) electrons. The number of rotatable bonds is 7. The lowest BCUT2D eigenvalue weighted by atomic mass is 9.92. The minimum absolute atomic E-state index is 0.00769. The molecule has 2 fully saturated rings. The van der Waals surface area contributed by atoms with Gasteiger partial charge in [0.15, 0.2) is 0 Å². The standard InChI is InChI=1S/C18H23ClN2O3/c19-14-5-1-12(2-6-14)9-20-17(22)7-8-21-10-15(13-3-4-13)16(11-21)18(23)24/h1-2,5-6,13,15-16H,3-4,7-11H2,(H,20,22)(H,23,24)/t15-,16+/m0/s1. The van der Waals surface area contributed by atoms with E-state index in [4.69, 9.17) is 11.6 Å². The minimum atomic E-state index is -0.693. The van der Waals surface area contributed by atoms with Crippen molar-refractivity contribution in [2.24, 2.45) is 17.8 Å². The van der Waals surface area contributed by atoms with Crippen LogP contribution in [0.15, 0.2) is 24.3 Å². The molecule has 1 saturated heterocycles. The van der Waals surface area contributed by atoms with Crippen molar-refractivity contribution >= 4 is 23.5 Å². The maximum Gasteiger partial charge on any atom is 0.308 e. The number of benzene rings is 1. The molecule has 1 heterocycles. The predicted octanol–water partition coefficient (Wildman–Crippen LogP) is 2.39. The number of carbonyl (C=O) groups is 2. The first-order valence-corrected chi connectivity index (χ1v) is 8.87. The second kappa shape index (κ2) is 7.53. The number of carbonyl (C=O) groups excluding carboxylic acids is 1. The molecule has 0 bridgehead atoms. The fourth-order valence-corrected chi connectivity index (χ4v) is 3.64. The molecule has 1 aliphatic carbocycles. The van der Waals surface area contributed by atoms with E-state index in [1.165, 1.54) is 0 Å². The summed E-state index contributed by atoms with van der Waals surface area (Å²) in [5.74, 6) is -0.127. The zero-order chi connectivity index (χ0) is 17.1. The van der Waals surface area contributed by atoms with E-state index in [0.29, 0.717) is 37.0 Å². The van der Waals surface area contributed by atoms with E-state index in [-0.39, 0.29) is 17.7 Å². The van der Waals surface area contributed by atoms with Gasteiger partial charge in [0.25, 0.3) is 0 Å². The fraction of sp³-hybridized carbons (Fsp3) is 0.556. The van der Waals surface area contributed by atoms with Gasteiger partial charge in [0.1, 0.15) is 0 Å². The second-order valence-electron chi connectivity index (χ2n) is 6.86. The Morgan fingerprint density at radius 1 is 1.21 bits per heavy atom. The van der Waals surface area contributed by atoms with Crippen LogP contribution in [0.5, 0.6) is 0 Å². The van der Waals surface area contributed by atoms with Gasteiger partial charge >= 0.3 is 5.97 Å². The van der Waals surface area contributed by atoms with Crippen molar-refractivity contribution in [3.8, 4) is 0 Å². The zero-order valence-corrected chi connectivity index (χ0v) is 14.3. The summed E-state index contributed by atoms with van der Waals surface area (Å²) >= 11 is 5.83. The van der Waals surface area contributed by atoms with Crippen LogP contribution in [-0.2, 0) is 16.1 Å². The van der Waals surface area contributed by atoms with E-state index in [9.17, 15) is 14.7 Å². The monoisotopic (exact) mass is 350 g/mol. The van der Waals surface area contributed by atoms with Crippen LogP contribution in [0.4, 0.5) is 0 Å². The maximum atomic E-state index is 12.0. The number of halogens is 1. The molecule has 3 rings (SSSR count). The molecule has 1 aliphatic heterocycles. The number of hydrogen-bond donors (Lipinski definition) is 2. The third kappa shape index (κ3) is 4.48. The van der Waals surface area contributed by atoms with Gasteiger partial charge in [-0.25, -0.2) is 0 Å². The molecule has 2 atom stereocenters. The highest BCUT2D eigenvalue weighted by Gasteiger charge is 2.45. The first-order valence-electron chi connectivity index (χ1n) is 8.49. The van der Waals surface area contributed by atoms with E-state index in [1.54, 1.807) is 12.1 Å². The maximum absolute atomic E-state index is 12.0. The second-order valence-corrected chi connectivity index (χ2v) is 7.30. The van der Waals surface area contributed by atoms with Gasteiger partial charge in [0, 0.05) is 37.6 Å². The number of carboxylic acids is 1. The highest BCUT2D eigenvalue weighted by Crippen LogP contribution is 2.44. The average Bonchev–Trinajstić information content (AvgIpc) is 3.31. The van der Waals surface area contributed by atoms with E-state index in [0.717, 1.165) is 24.9 Å². The van der Waals surface area contributed by atoms with Crippen molar-refractivity contribution in [2.45, 2.75) is 25.8 Å².